The third-order valence-corrected chi connectivity index (χ3v) is 6.29. The fourth-order valence-electron chi connectivity index (χ4n) is 4.19. The van der Waals surface area contributed by atoms with Crippen molar-refractivity contribution in [3.63, 3.8) is 0 Å². The van der Waals surface area contributed by atoms with E-state index in [0.29, 0.717) is 6.61 Å². The smallest absolute Gasteiger partial charge is 0.262 e. The van der Waals surface area contributed by atoms with E-state index < -0.39 is 12.0 Å². The summed E-state index contributed by atoms with van der Waals surface area (Å²) in [6, 6.07) is 35.8. The molecule has 0 aliphatic heterocycles. The third-order valence-electron chi connectivity index (χ3n) is 6.29. The molecule has 39 heavy (non-hydrogen) atoms. The van der Waals surface area contributed by atoms with Crippen LogP contribution < -0.4 is 15.5 Å². The Kier molecular flexibility index (Phi) is 9.62. The van der Waals surface area contributed by atoms with E-state index in [9.17, 15) is 9.59 Å². The van der Waals surface area contributed by atoms with Gasteiger partial charge < -0.3 is 10.1 Å². The molecule has 0 saturated heterocycles. The minimum atomic E-state index is -0.752. The number of hydrazone groups is 1. The summed E-state index contributed by atoms with van der Waals surface area (Å²) in [7, 11) is 0. The van der Waals surface area contributed by atoms with Crippen LogP contribution in [0.2, 0.25) is 0 Å². The second-order valence-corrected chi connectivity index (χ2v) is 9.56. The summed E-state index contributed by atoms with van der Waals surface area (Å²) in [6.07, 6.45) is 1.56. The first-order valence-corrected chi connectivity index (χ1v) is 13.0. The maximum absolute atomic E-state index is 13.5. The first kappa shape index (κ1) is 27.3. The molecule has 0 aliphatic rings. The lowest BCUT2D eigenvalue weighted by atomic mass is 9.89. The van der Waals surface area contributed by atoms with Crippen molar-refractivity contribution in [2.45, 2.75) is 32.4 Å². The Morgan fingerprint density at radius 2 is 1.28 bits per heavy atom. The molecule has 0 aliphatic carbocycles. The molecule has 0 aromatic heterocycles. The number of hydrogen-bond donors (Lipinski definition) is 2. The molecular formula is C33H33N3O3. The minimum Gasteiger partial charge on any atom is -0.489 e. The van der Waals surface area contributed by atoms with E-state index in [-0.39, 0.29) is 17.7 Å². The average Bonchev–Trinajstić information content (AvgIpc) is 2.97. The zero-order chi connectivity index (χ0) is 27.5. The van der Waals surface area contributed by atoms with Gasteiger partial charge in [0.1, 0.15) is 18.4 Å². The third kappa shape index (κ3) is 7.89. The van der Waals surface area contributed by atoms with E-state index in [0.717, 1.165) is 28.0 Å². The van der Waals surface area contributed by atoms with Crippen molar-refractivity contribution in [3.8, 4) is 5.75 Å². The van der Waals surface area contributed by atoms with E-state index in [1.807, 2.05) is 129 Å². The predicted molar refractivity (Wildman–Crippen MR) is 154 cm³/mol. The largest absolute Gasteiger partial charge is 0.489 e. The van der Waals surface area contributed by atoms with E-state index in [1.54, 1.807) is 6.21 Å². The highest BCUT2D eigenvalue weighted by Crippen LogP contribution is 2.25. The molecule has 1 unspecified atom stereocenters. The summed E-state index contributed by atoms with van der Waals surface area (Å²) in [5, 5.41) is 7.08. The molecule has 0 bridgehead atoms. The molecule has 0 radical (unpaired) electrons. The number of benzene rings is 4. The lowest BCUT2D eigenvalue weighted by molar-refractivity contribution is -0.130. The fourth-order valence-corrected chi connectivity index (χ4v) is 4.19. The molecule has 0 heterocycles. The molecule has 0 fully saturated rings. The van der Waals surface area contributed by atoms with Crippen LogP contribution in [0.1, 0.15) is 42.0 Å². The second-order valence-electron chi connectivity index (χ2n) is 9.56. The molecule has 4 rings (SSSR count). The fraction of sp³-hybridized carbons (Fsp3) is 0.182. The van der Waals surface area contributed by atoms with Gasteiger partial charge in [0.05, 0.1) is 12.1 Å². The topological polar surface area (TPSA) is 79.8 Å². The Labute approximate surface area is 229 Å². The maximum Gasteiger partial charge on any atom is 0.262 e. The number of hydrogen-bond acceptors (Lipinski definition) is 4. The molecule has 1 atom stereocenters. The number of nitrogens with one attached hydrogen (secondary N) is 2. The Morgan fingerprint density at radius 1 is 0.744 bits per heavy atom. The zero-order valence-electron chi connectivity index (χ0n) is 22.2. The Bertz CT molecular complexity index is 1320. The van der Waals surface area contributed by atoms with Gasteiger partial charge >= 0.3 is 0 Å². The van der Waals surface area contributed by atoms with Gasteiger partial charge in [-0.15, -0.1) is 0 Å². The molecule has 198 valence electrons. The lowest BCUT2D eigenvalue weighted by Gasteiger charge is -2.24. The molecule has 2 amide bonds. The Balaban J connectivity index is 1.37. The van der Waals surface area contributed by atoms with Crippen LogP contribution in [0.4, 0.5) is 0 Å². The van der Waals surface area contributed by atoms with E-state index in [2.05, 4.69) is 15.8 Å². The van der Waals surface area contributed by atoms with Crippen molar-refractivity contribution < 1.29 is 14.3 Å². The first-order chi connectivity index (χ1) is 19.0. The molecule has 0 spiro atoms. The number of carbonyl (C=O) groups is 2. The van der Waals surface area contributed by atoms with Gasteiger partial charge in [-0.1, -0.05) is 105 Å². The average molecular weight is 520 g/mol. The molecule has 0 saturated carbocycles. The van der Waals surface area contributed by atoms with Gasteiger partial charge in [-0.25, -0.2) is 5.43 Å². The molecule has 6 heteroatoms. The van der Waals surface area contributed by atoms with Crippen LogP contribution in [0.15, 0.2) is 120 Å². The van der Waals surface area contributed by atoms with Crippen molar-refractivity contribution in [2.75, 3.05) is 0 Å². The first-order valence-electron chi connectivity index (χ1n) is 13.0. The SMILES string of the molecule is CC(C)C(NC(=O)C(c1ccccc1)c1ccccc1)C(=O)N/N=C/c1ccc(OCc2ccccc2)cc1. The van der Waals surface area contributed by atoms with Crippen LogP contribution in [-0.2, 0) is 16.2 Å². The van der Waals surface area contributed by atoms with E-state index in [4.69, 9.17) is 4.74 Å². The minimum absolute atomic E-state index is 0.141. The van der Waals surface area contributed by atoms with Gasteiger partial charge in [0.25, 0.3) is 5.91 Å². The van der Waals surface area contributed by atoms with Crippen LogP contribution in [0.3, 0.4) is 0 Å². The van der Waals surface area contributed by atoms with Gasteiger partial charge in [0.15, 0.2) is 0 Å². The standard InChI is InChI=1S/C33H33N3O3/c1-24(2)31(35-32(37)30(27-14-8-4-9-15-27)28-16-10-5-11-17-28)33(38)36-34-22-25-18-20-29(21-19-25)39-23-26-12-6-3-7-13-26/h3-22,24,30-31H,23H2,1-2H3,(H,35,37)(H,36,38)/b34-22+. The zero-order valence-corrected chi connectivity index (χ0v) is 22.2. The number of rotatable bonds is 11. The monoisotopic (exact) mass is 519 g/mol. The van der Waals surface area contributed by atoms with Crippen LogP contribution in [0, 0.1) is 5.92 Å². The lowest BCUT2D eigenvalue weighted by Crippen LogP contribution is -2.50. The van der Waals surface area contributed by atoms with Crippen LogP contribution in [-0.4, -0.2) is 24.1 Å². The highest BCUT2D eigenvalue weighted by molar-refractivity contribution is 5.93. The summed E-state index contributed by atoms with van der Waals surface area (Å²) < 4.78 is 5.81. The number of ether oxygens (including phenoxy) is 1. The van der Waals surface area contributed by atoms with Crippen molar-refractivity contribution >= 4 is 18.0 Å². The molecule has 4 aromatic carbocycles. The summed E-state index contributed by atoms with van der Waals surface area (Å²) in [5.41, 5.74) is 6.20. The van der Waals surface area contributed by atoms with Crippen molar-refractivity contribution in [3.05, 3.63) is 138 Å². The van der Waals surface area contributed by atoms with Gasteiger partial charge in [0.2, 0.25) is 5.91 Å². The maximum atomic E-state index is 13.5. The normalized spacial score (nSPS) is 11.9. The van der Waals surface area contributed by atoms with Gasteiger partial charge in [-0.05, 0) is 52.4 Å². The summed E-state index contributed by atoms with van der Waals surface area (Å²) >= 11 is 0. The molecular weight excluding hydrogens is 486 g/mol. The van der Waals surface area contributed by atoms with Gasteiger partial charge in [0, 0.05) is 0 Å². The van der Waals surface area contributed by atoms with Crippen molar-refractivity contribution in [2.24, 2.45) is 11.0 Å². The highest BCUT2D eigenvalue weighted by atomic mass is 16.5. The number of carbonyl (C=O) groups excluding carboxylic acids is 2. The highest BCUT2D eigenvalue weighted by Gasteiger charge is 2.29. The Morgan fingerprint density at radius 3 is 1.82 bits per heavy atom. The van der Waals surface area contributed by atoms with E-state index in [1.165, 1.54) is 0 Å². The summed E-state index contributed by atoms with van der Waals surface area (Å²) in [6.45, 7) is 4.27. The molecule has 2 N–H and O–H groups in total. The van der Waals surface area contributed by atoms with E-state index >= 15 is 0 Å². The van der Waals surface area contributed by atoms with Gasteiger partial charge in [-0.3, -0.25) is 9.59 Å². The number of nitrogens with zero attached hydrogens (tertiary/aromatic N) is 1. The van der Waals surface area contributed by atoms with Gasteiger partial charge in [-0.2, -0.15) is 5.10 Å². The molecule has 6 nitrogen and oxygen atoms in total. The predicted octanol–water partition coefficient (Wildman–Crippen LogP) is 5.69. The second kappa shape index (κ2) is 13.7. The summed E-state index contributed by atoms with van der Waals surface area (Å²) in [4.78, 5) is 26.5. The quantitative estimate of drug-likeness (QED) is 0.197. The Hall–Kier alpha value is -4.71. The van der Waals surface area contributed by atoms with Crippen LogP contribution >= 0.6 is 0 Å². The van der Waals surface area contributed by atoms with Crippen molar-refractivity contribution in [1.82, 2.24) is 10.7 Å². The molecule has 4 aromatic rings. The summed E-state index contributed by atoms with van der Waals surface area (Å²) in [5.74, 6) is -0.549. The van der Waals surface area contributed by atoms with Crippen molar-refractivity contribution in [1.29, 1.82) is 0 Å². The van der Waals surface area contributed by atoms with Crippen LogP contribution in [0.5, 0.6) is 5.75 Å². The van der Waals surface area contributed by atoms with Crippen LogP contribution in [0.25, 0.3) is 0 Å². The number of amides is 2.